The van der Waals surface area contributed by atoms with Gasteiger partial charge in [0.2, 0.25) is 0 Å². The molecular weight excluding hydrogens is 386 g/mol. The summed E-state index contributed by atoms with van der Waals surface area (Å²) in [6.45, 7) is 2.83. The number of carbonyl (C=O) groups is 1. The summed E-state index contributed by atoms with van der Waals surface area (Å²) in [5.74, 6) is 0.971. The van der Waals surface area contributed by atoms with Crippen LogP contribution in [-0.2, 0) is 0 Å². The van der Waals surface area contributed by atoms with Crippen molar-refractivity contribution in [1.82, 2.24) is 19.7 Å². The quantitative estimate of drug-likeness (QED) is 0.513. The van der Waals surface area contributed by atoms with Crippen molar-refractivity contribution in [3.63, 3.8) is 0 Å². The first kappa shape index (κ1) is 19.1. The molecule has 0 spiro atoms. The molecule has 4 aromatic rings. The number of nitrogens with zero attached hydrogens (tertiary/aromatic N) is 5. The maximum atomic E-state index is 13.5. The molecule has 2 aromatic carbocycles. The van der Waals surface area contributed by atoms with Crippen LogP contribution in [0.1, 0.15) is 10.4 Å². The van der Waals surface area contributed by atoms with Crippen LogP contribution < -0.4 is 4.90 Å². The van der Waals surface area contributed by atoms with Gasteiger partial charge in [-0.1, -0.05) is 54.6 Å². The number of aromatic nitrogens is 3. The molecule has 0 unspecified atom stereocenters. The van der Waals surface area contributed by atoms with Gasteiger partial charge in [-0.25, -0.2) is 9.67 Å². The summed E-state index contributed by atoms with van der Waals surface area (Å²) in [6, 6.07) is 25.7. The molecule has 1 amide bonds. The van der Waals surface area contributed by atoms with Gasteiger partial charge in [0.25, 0.3) is 5.91 Å². The van der Waals surface area contributed by atoms with E-state index in [1.54, 1.807) is 10.9 Å². The molecule has 154 valence electrons. The summed E-state index contributed by atoms with van der Waals surface area (Å²) in [5.41, 5.74) is 3.20. The van der Waals surface area contributed by atoms with Crippen molar-refractivity contribution in [2.45, 2.75) is 0 Å². The second-order valence-corrected chi connectivity index (χ2v) is 7.50. The molecule has 1 aliphatic heterocycles. The molecule has 2 aromatic heterocycles. The van der Waals surface area contributed by atoms with Crippen molar-refractivity contribution in [2.75, 3.05) is 31.1 Å². The zero-order valence-corrected chi connectivity index (χ0v) is 17.1. The first-order valence-electron chi connectivity index (χ1n) is 10.5. The highest BCUT2D eigenvalue weighted by atomic mass is 16.2. The highest BCUT2D eigenvalue weighted by molar-refractivity contribution is 6.00. The fraction of sp³-hybridized carbons (Fsp3) is 0.160. The predicted octanol–water partition coefficient (Wildman–Crippen LogP) is 3.90. The standard InChI is InChI=1S/C25H23N5O/c31-25(29-17-15-28(16-18-29)23-13-7-8-14-26-23)22-19-30(21-11-5-2-6-12-21)27-24(22)20-9-3-1-4-10-20/h1-14,19H,15-18H2. The normalized spacial score (nSPS) is 13.9. The molecule has 3 heterocycles. The zero-order chi connectivity index (χ0) is 21.0. The largest absolute Gasteiger partial charge is 0.353 e. The number of anilines is 1. The Hall–Kier alpha value is -3.93. The predicted molar refractivity (Wildman–Crippen MR) is 121 cm³/mol. The lowest BCUT2D eigenvalue weighted by molar-refractivity contribution is 0.0747. The molecule has 6 heteroatoms. The molecule has 0 bridgehead atoms. The third-order valence-electron chi connectivity index (χ3n) is 5.55. The number of rotatable bonds is 4. The van der Waals surface area contributed by atoms with E-state index in [2.05, 4.69) is 9.88 Å². The van der Waals surface area contributed by atoms with Crippen molar-refractivity contribution < 1.29 is 4.79 Å². The van der Waals surface area contributed by atoms with Crippen LogP contribution in [0.25, 0.3) is 16.9 Å². The monoisotopic (exact) mass is 409 g/mol. The van der Waals surface area contributed by atoms with Crippen LogP contribution in [-0.4, -0.2) is 51.8 Å². The topological polar surface area (TPSA) is 54.3 Å². The summed E-state index contributed by atoms with van der Waals surface area (Å²) >= 11 is 0. The van der Waals surface area contributed by atoms with Gasteiger partial charge in [-0.15, -0.1) is 0 Å². The van der Waals surface area contributed by atoms with Crippen molar-refractivity contribution in [2.24, 2.45) is 0 Å². The molecule has 0 atom stereocenters. The highest BCUT2D eigenvalue weighted by Crippen LogP contribution is 2.25. The summed E-state index contributed by atoms with van der Waals surface area (Å²) in [7, 11) is 0. The Morgan fingerprint density at radius 2 is 1.45 bits per heavy atom. The fourth-order valence-electron chi connectivity index (χ4n) is 3.90. The van der Waals surface area contributed by atoms with E-state index >= 15 is 0 Å². The minimum Gasteiger partial charge on any atom is -0.353 e. The SMILES string of the molecule is O=C(c1cn(-c2ccccc2)nc1-c1ccccc1)N1CCN(c2ccccn2)CC1. The summed E-state index contributed by atoms with van der Waals surface area (Å²) in [6.07, 6.45) is 3.65. The molecule has 1 saturated heterocycles. The van der Waals surface area contributed by atoms with Crippen LogP contribution >= 0.6 is 0 Å². The van der Waals surface area contributed by atoms with E-state index < -0.39 is 0 Å². The summed E-state index contributed by atoms with van der Waals surface area (Å²) < 4.78 is 1.79. The maximum absolute atomic E-state index is 13.5. The lowest BCUT2D eigenvalue weighted by Crippen LogP contribution is -2.49. The zero-order valence-electron chi connectivity index (χ0n) is 17.1. The first-order valence-corrected chi connectivity index (χ1v) is 10.5. The van der Waals surface area contributed by atoms with Crippen LogP contribution in [0.15, 0.2) is 91.3 Å². The van der Waals surface area contributed by atoms with Crippen LogP contribution in [0.4, 0.5) is 5.82 Å². The minimum atomic E-state index is 0.0155. The number of hydrogen-bond donors (Lipinski definition) is 0. The molecule has 0 saturated carbocycles. The van der Waals surface area contributed by atoms with Gasteiger partial charge in [-0.05, 0) is 24.3 Å². The van der Waals surface area contributed by atoms with Gasteiger partial charge in [0.15, 0.2) is 0 Å². The smallest absolute Gasteiger partial charge is 0.257 e. The van der Waals surface area contributed by atoms with E-state index in [1.165, 1.54) is 0 Å². The van der Waals surface area contributed by atoms with Crippen molar-refractivity contribution >= 4 is 11.7 Å². The number of hydrogen-bond acceptors (Lipinski definition) is 4. The molecule has 1 fully saturated rings. The number of pyridine rings is 1. The molecule has 31 heavy (non-hydrogen) atoms. The molecule has 6 nitrogen and oxygen atoms in total. The third-order valence-corrected chi connectivity index (χ3v) is 5.55. The van der Waals surface area contributed by atoms with E-state index in [0.29, 0.717) is 24.3 Å². The minimum absolute atomic E-state index is 0.0155. The van der Waals surface area contributed by atoms with Crippen LogP contribution in [0, 0.1) is 0 Å². The van der Waals surface area contributed by atoms with E-state index in [1.807, 2.05) is 90.0 Å². The van der Waals surface area contributed by atoms with Gasteiger partial charge in [0.1, 0.15) is 11.5 Å². The Morgan fingerprint density at radius 1 is 0.774 bits per heavy atom. The van der Waals surface area contributed by atoms with Gasteiger partial charge in [-0.3, -0.25) is 4.79 Å². The third kappa shape index (κ3) is 3.92. The lowest BCUT2D eigenvalue weighted by Gasteiger charge is -2.35. The Labute approximate surface area is 181 Å². The molecule has 5 rings (SSSR count). The van der Waals surface area contributed by atoms with E-state index in [4.69, 9.17) is 5.10 Å². The van der Waals surface area contributed by atoms with Gasteiger partial charge in [-0.2, -0.15) is 5.10 Å². The molecular formula is C25H23N5O. The van der Waals surface area contributed by atoms with Crippen molar-refractivity contribution in [1.29, 1.82) is 0 Å². The Morgan fingerprint density at radius 3 is 2.13 bits per heavy atom. The molecule has 0 radical (unpaired) electrons. The number of para-hydroxylation sites is 1. The Kier molecular flexibility index (Phi) is 5.19. The van der Waals surface area contributed by atoms with E-state index in [-0.39, 0.29) is 5.91 Å². The second kappa shape index (κ2) is 8.44. The molecule has 0 aliphatic carbocycles. The lowest BCUT2D eigenvalue weighted by atomic mass is 10.1. The van der Waals surface area contributed by atoms with Crippen LogP contribution in [0.3, 0.4) is 0 Å². The van der Waals surface area contributed by atoms with Crippen LogP contribution in [0.5, 0.6) is 0 Å². The Bertz CT molecular complexity index is 1150. The van der Waals surface area contributed by atoms with Gasteiger partial charge in [0.05, 0.1) is 11.3 Å². The van der Waals surface area contributed by atoms with Crippen molar-refractivity contribution in [3.8, 4) is 16.9 Å². The highest BCUT2D eigenvalue weighted by Gasteiger charge is 2.27. The van der Waals surface area contributed by atoms with Gasteiger partial charge >= 0.3 is 0 Å². The van der Waals surface area contributed by atoms with E-state index in [9.17, 15) is 4.79 Å². The second-order valence-electron chi connectivity index (χ2n) is 7.50. The first-order chi connectivity index (χ1) is 15.3. The molecule has 0 N–H and O–H groups in total. The average molecular weight is 409 g/mol. The number of amides is 1. The van der Waals surface area contributed by atoms with Gasteiger partial charge in [0, 0.05) is 44.1 Å². The number of carbonyl (C=O) groups excluding carboxylic acids is 1. The number of piperazine rings is 1. The van der Waals surface area contributed by atoms with Gasteiger partial charge < -0.3 is 9.80 Å². The average Bonchev–Trinajstić information content (AvgIpc) is 3.31. The number of benzene rings is 2. The summed E-state index contributed by atoms with van der Waals surface area (Å²) in [5, 5.41) is 4.78. The fourth-order valence-corrected chi connectivity index (χ4v) is 3.90. The molecule has 1 aliphatic rings. The van der Waals surface area contributed by atoms with Crippen LogP contribution in [0.2, 0.25) is 0 Å². The van der Waals surface area contributed by atoms with E-state index in [0.717, 1.165) is 30.2 Å². The van der Waals surface area contributed by atoms with Crippen molar-refractivity contribution in [3.05, 3.63) is 96.8 Å². The Balaban J connectivity index is 1.42. The maximum Gasteiger partial charge on any atom is 0.257 e. The summed E-state index contributed by atoms with van der Waals surface area (Å²) in [4.78, 5) is 22.1.